The summed E-state index contributed by atoms with van der Waals surface area (Å²) in [7, 11) is 0. The highest BCUT2D eigenvalue weighted by Crippen LogP contribution is 2.25. The van der Waals surface area contributed by atoms with Crippen LogP contribution in [0.25, 0.3) is 5.65 Å². The Labute approximate surface area is 182 Å². The molecule has 0 radical (unpaired) electrons. The van der Waals surface area contributed by atoms with Crippen LogP contribution in [0.15, 0.2) is 59.8 Å². The zero-order valence-corrected chi connectivity index (χ0v) is 18.1. The van der Waals surface area contributed by atoms with Crippen LogP contribution in [0.1, 0.15) is 41.7 Å². The van der Waals surface area contributed by atoms with Crippen molar-refractivity contribution in [3.8, 4) is 0 Å². The molecule has 6 heteroatoms. The molecule has 0 atom stereocenters. The quantitative estimate of drug-likeness (QED) is 0.576. The zero-order chi connectivity index (χ0) is 20.3. The third-order valence-corrected chi connectivity index (χ3v) is 7.36. The second-order valence-electron chi connectivity index (χ2n) is 8.28. The number of rotatable bonds is 5. The summed E-state index contributed by atoms with van der Waals surface area (Å²) in [6, 6.07) is 14.8. The van der Waals surface area contributed by atoms with E-state index in [2.05, 4.69) is 28.2 Å². The van der Waals surface area contributed by atoms with E-state index in [9.17, 15) is 4.79 Å². The summed E-state index contributed by atoms with van der Waals surface area (Å²) >= 11 is 1.75. The molecule has 0 saturated carbocycles. The van der Waals surface area contributed by atoms with Crippen molar-refractivity contribution >= 4 is 23.3 Å². The molecule has 0 N–H and O–H groups in total. The number of likely N-dealkylation sites (tertiary alicyclic amines) is 2. The predicted octanol–water partition coefficient (Wildman–Crippen LogP) is 4.33. The molecule has 3 aromatic rings. The van der Waals surface area contributed by atoms with Crippen LogP contribution in [0.5, 0.6) is 0 Å². The fourth-order valence-electron chi connectivity index (χ4n) is 4.63. The monoisotopic (exact) mass is 420 g/mol. The summed E-state index contributed by atoms with van der Waals surface area (Å²) in [6.45, 7) is 4.24. The molecule has 0 unspecified atom stereocenters. The minimum Gasteiger partial charge on any atom is -0.339 e. The van der Waals surface area contributed by atoms with E-state index in [0.29, 0.717) is 6.04 Å². The molecule has 5 nitrogen and oxygen atoms in total. The SMILES string of the molecule is O=C(c1ccc(SCc2cn3ccccc3n2)cc1)N1CCC(N2CCCC2)CC1. The number of amides is 1. The highest BCUT2D eigenvalue weighted by molar-refractivity contribution is 7.98. The summed E-state index contributed by atoms with van der Waals surface area (Å²) in [5.74, 6) is 0.991. The Kier molecular flexibility index (Phi) is 5.77. The first-order valence-corrected chi connectivity index (χ1v) is 11.9. The van der Waals surface area contributed by atoms with Crippen molar-refractivity contribution in [3.63, 3.8) is 0 Å². The lowest BCUT2D eigenvalue weighted by molar-refractivity contribution is 0.0644. The molecule has 0 spiro atoms. The number of hydrogen-bond donors (Lipinski definition) is 0. The molecule has 0 aliphatic carbocycles. The second kappa shape index (κ2) is 8.82. The van der Waals surface area contributed by atoms with Gasteiger partial charge >= 0.3 is 0 Å². The average molecular weight is 421 g/mol. The predicted molar refractivity (Wildman–Crippen MR) is 121 cm³/mol. The molecule has 1 amide bonds. The third-order valence-electron chi connectivity index (χ3n) is 6.31. The van der Waals surface area contributed by atoms with Crippen molar-refractivity contribution in [2.75, 3.05) is 26.2 Å². The van der Waals surface area contributed by atoms with Crippen molar-refractivity contribution in [3.05, 3.63) is 66.1 Å². The Bertz CT molecular complexity index is 968. The summed E-state index contributed by atoms with van der Waals surface area (Å²) < 4.78 is 2.05. The maximum absolute atomic E-state index is 12.9. The molecule has 30 heavy (non-hydrogen) atoms. The number of benzene rings is 1. The maximum atomic E-state index is 12.9. The van der Waals surface area contributed by atoms with Gasteiger partial charge < -0.3 is 14.2 Å². The van der Waals surface area contributed by atoms with Crippen LogP contribution in [-0.4, -0.2) is 57.3 Å². The highest BCUT2D eigenvalue weighted by Gasteiger charge is 2.28. The van der Waals surface area contributed by atoms with E-state index in [1.54, 1.807) is 11.8 Å². The first-order valence-electron chi connectivity index (χ1n) is 10.9. The van der Waals surface area contributed by atoms with Gasteiger partial charge in [0.2, 0.25) is 0 Å². The van der Waals surface area contributed by atoms with Crippen molar-refractivity contribution < 1.29 is 4.79 Å². The number of thioether (sulfide) groups is 1. The van der Waals surface area contributed by atoms with E-state index >= 15 is 0 Å². The van der Waals surface area contributed by atoms with Gasteiger partial charge in [-0.2, -0.15) is 0 Å². The number of carbonyl (C=O) groups is 1. The van der Waals surface area contributed by atoms with Crippen LogP contribution < -0.4 is 0 Å². The lowest BCUT2D eigenvalue weighted by atomic mass is 10.0. The van der Waals surface area contributed by atoms with Crippen molar-refractivity contribution in [2.24, 2.45) is 0 Å². The minimum absolute atomic E-state index is 0.173. The summed E-state index contributed by atoms with van der Waals surface area (Å²) in [5.41, 5.74) is 2.83. The second-order valence-corrected chi connectivity index (χ2v) is 9.33. The third kappa shape index (κ3) is 4.25. The van der Waals surface area contributed by atoms with Gasteiger partial charge in [-0.05, 0) is 75.2 Å². The van der Waals surface area contributed by atoms with Crippen LogP contribution >= 0.6 is 11.8 Å². The molecular formula is C24H28N4OS. The molecule has 2 aromatic heterocycles. The first kappa shape index (κ1) is 19.6. The highest BCUT2D eigenvalue weighted by atomic mass is 32.2. The lowest BCUT2D eigenvalue weighted by Gasteiger charge is -2.36. The topological polar surface area (TPSA) is 40.9 Å². The largest absolute Gasteiger partial charge is 0.339 e. The molecule has 2 saturated heterocycles. The standard InChI is InChI=1S/C24H28N4OS/c29-24(27-15-10-21(11-16-27)26-12-3-4-13-26)19-6-8-22(9-7-19)30-18-20-17-28-14-2-1-5-23(28)25-20/h1-2,5-9,14,17,21H,3-4,10-13,15-16,18H2. The van der Waals surface area contributed by atoms with Gasteiger partial charge in [0.05, 0.1) is 5.69 Å². The molecule has 5 rings (SSSR count). The molecule has 2 aliphatic rings. The van der Waals surface area contributed by atoms with E-state index in [1.807, 2.05) is 45.8 Å². The zero-order valence-electron chi connectivity index (χ0n) is 17.2. The van der Waals surface area contributed by atoms with Gasteiger partial charge in [0.1, 0.15) is 5.65 Å². The summed E-state index contributed by atoms with van der Waals surface area (Å²) in [5, 5.41) is 0. The molecule has 156 valence electrons. The number of fused-ring (bicyclic) bond motifs is 1. The van der Waals surface area contributed by atoms with Gasteiger partial charge in [0.15, 0.2) is 0 Å². The smallest absolute Gasteiger partial charge is 0.253 e. The van der Waals surface area contributed by atoms with Gasteiger partial charge in [-0.1, -0.05) is 6.07 Å². The number of aromatic nitrogens is 2. The van der Waals surface area contributed by atoms with Gasteiger partial charge in [-0.15, -0.1) is 11.8 Å². The van der Waals surface area contributed by atoms with E-state index in [-0.39, 0.29) is 5.91 Å². The fraction of sp³-hybridized carbons (Fsp3) is 0.417. The van der Waals surface area contributed by atoms with Crippen LogP contribution in [0.3, 0.4) is 0 Å². The normalized spacial score (nSPS) is 18.3. The molecule has 0 bridgehead atoms. The van der Waals surface area contributed by atoms with Gasteiger partial charge in [-0.3, -0.25) is 4.79 Å². The van der Waals surface area contributed by atoms with Crippen molar-refractivity contribution in [1.82, 2.24) is 19.2 Å². The molecule has 1 aromatic carbocycles. The van der Waals surface area contributed by atoms with Crippen LogP contribution in [-0.2, 0) is 5.75 Å². The molecule has 2 fully saturated rings. The number of hydrogen-bond acceptors (Lipinski definition) is 4. The molecule has 4 heterocycles. The van der Waals surface area contributed by atoms with E-state index < -0.39 is 0 Å². The Morgan fingerprint density at radius 3 is 2.50 bits per heavy atom. The van der Waals surface area contributed by atoms with E-state index in [4.69, 9.17) is 0 Å². The first-order chi connectivity index (χ1) is 14.8. The van der Waals surface area contributed by atoms with Gasteiger partial charge in [0.25, 0.3) is 5.91 Å². The number of piperidine rings is 1. The van der Waals surface area contributed by atoms with Crippen molar-refractivity contribution in [1.29, 1.82) is 0 Å². The number of pyridine rings is 1. The van der Waals surface area contributed by atoms with Crippen molar-refractivity contribution in [2.45, 2.75) is 42.4 Å². The van der Waals surface area contributed by atoms with Crippen LogP contribution in [0, 0.1) is 0 Å². The van der Waals surface area contributed by atoms with Crippen LogP contribution in [0.2, 0.25) is 0 Å². The molecular weight excluding hydrogens is 392 g/mol. The number of imidazole rings is 1. The fourth-order valence-corrected chi connectivity index (χ4v) is 5.41. The van der Waals surface area contributed by atoms with E-state index in [0.717, 1.165) is 53.5 Å². The van der Waals surface area contributed by atoms with Gasteiger partial charge in [0, 0.05) is 47.7 Å². The number of carbonyl (C=O) groups excluding carboxylic acids is 1. The Morgan fingerprint density at radius 2 is 1.77 bits per heavy atom. The summed E-state index contributed by atoms with van der Waals surface area (Å²) in [6.07, 6.45) is 8.98. The Balaban J connectivity index is 1.15. The minimum atomic E-state index is 0.173. The van der Waals surface area contributed by atoms with E-state index in [1.165, 1.54) is 25.9 Å². The molecule has 2 aliphatic heterocycles. The Hall–Kier alpha value is -2.31. The Morgan fingerprint density at radius 1 is 1.00 bits per heavy atom. The summed E-state index contributed by atoms with van der Waals surface area (Å²) in [4.78, 5) is 23.4. The number of nitrogens with zero attached hydrogens (tertiary/aromatic N) is 4. The average Bonchev–Trinajstić information content (AvgIpc) is 3.47. The van der Waals surface area contributed by atoms with Gasteiger partial charge in [-0.25, -0.2) is 4.98 Å². The lowest BCUT2D eigenvalue weighted by Crippen LogP contribution is -2.45. The van der Waals surface area contributed by atoms with Crippen LogP contribution in [0.4, 0.5) is 0 Å². The maximum Gasteiger partial charge on any atom is 0.253 e.